The van der Waals surface area contributed by atoms with Crippen LogP contribution in [-0.2, 0) is 29.7 Å². The molecule has 7 nitrogen and oxygen atoms in total. The van der Waals surface area contributed by atoms with Gasteiger partial charge in [-0.3, -0.25) is 9.52 Å². The number of hydrogen-bond donors (Lipinski definition) is 1. The highest BCUT2D eigenvalue weighted by molar-refractivity contribution is 7.92. The van der Waals surface area contributed by atoms with Crippen LogP contribution in [0.4, 0.5) is 5.69 Å². The molecule has 1 aliphatic rings. The van der Waals surface area contributed by atoms with E-state index in [0.29, 0.717) is 36.7 Å². The summed E-state index contributed by atoms with van der Waals surface area (Å²) < 4.78 is 36.5. The molecule has 1 aliphatic heterocycles. The molecule has 0 fully saturated rings. The number of nitrogens with one attached hydrogen (secondary N) is 1. The van der Waals surface area contributed by atoms with Crippen molar-refractivity contribution in [2.45, 2.75) is 24.6 Å². The average molecular weight is 488 g/mol. The van der Waals surface area contributed by atoms with E-state index in [4.69, 9.17) is 4.74 Å². The van der Waals surface area contributed by atoms with Gasteiger partial charge in [-0.15, -0.1) is 0 Å². The summed E-state index contributed by atoms with van der Waals surface area (Å²) >= 11 is 0. The normalized spacial score (nSPS) is 13.2. The standard InChI is InChI=1S/C27H25N3O4S/c31-27(30-17-16-29-15-5-9-24(29)19-30)22-8-4-10-26(18-22)35(32,33)28-23-11-13-25(14-12-23)34-20-21-6-2-1-3-7-21/h1-15,18,28H,16-17,19-20H2. The second-order valence-electron chi connectivity index (χ2n) is 8.35. The van der Waals surface area contributed by atoms with Gasteiger partial charge in [-0.2, -0.15) is 0 Å². The first kappa shape index (κ1) is 22.7. The van der Waals surface area contributed by atoms with Crippen LogP contribution in [0, 0.1) is 0 Å². The van der Waals surface area contributed by atoms with Crippen molar-refractivity contribution in [1.29, 1.82) is 0 Å². The lowest BCUT2D eigenvalue weighted by Crippen LogP contribution is -2.37. The van der Waals surface area contributed by atoms with Crippen LogP contribution in [-0.4, -0.2) is 30.3 Å². The van der Waals surface area contributed by atoms with Crippen LogP contribution < -0.4 is 9.46 Å². The molecular weight excluding hydrogens is 462 g/mol. The largest absolute Gasteiger partial charge is 0.489 e. The molecule has 0 aliphatic carbocycles. The fourth-order valence-electron chi connectivity index (χ4n) is 4.04. The maximum atomic E-state index is 13.1. The summed E-state index contributed by atoms with van der Waals surface area (Å²) in [7, 11) is -3.87. The van der Waals surface area contributed by atoms with Gasteiger partial charge in [-0.05, 0) is 60.2 Å². The predicted molar refractivity (Wildman–Crippen MR) is 134 cm³/mol. The van der Waals surface area contributed by atoms with E-state index in [2.05, 4.69) is 9.29 Å². The highest BCUT2D eigenvalue weighted by Gasteiger charge is 2.23. The van der Waals surface area contributed by atoms with Crippen LogP contribution in [0.1, 0.15) is 21.6 Å². The van der Waals surface area contributed by atoms with Crippen LogP contribution >= 0.6 is 0 Å². The second kappa shape index (κ2) is 9.68. The summed E-state index contributed by atoms with van der Waals surface area (Å²) in [6, 6.07) is 26.6. The molecule has 0 unspecified atom stereocenters. The number of aromatic nitrogens is 1. The fraction of sp³-hybridized carbons (Fsp3) is 0.148. The lowest BCUT2D eigenvalue weighted by atomic mass is 10.2. The SMILES string of the molecule is O=C(c1cccc(S(=O)(=O)Nc2ccc(OCc3ccccc3)cc2)c1)N1CCn2cccc2C1. The maximum absolute atomic E-state index is 13.1. The Morgan fingerprint density at radius 2 is 1.69 bits per heavy atom. The van der Waals surface area contributed by atoms with Gasteiger partial charge in [0.05, 0.1) is 11.4 Å². The Hall–Kier alpha value is -4.04. The molecule has 0 bridgehead atoms. The van der Waals surface area contributed by atoms with Crippen LogP contribution in [0.5, 0.6) is 5.75 Å². The molecule has 1 amide bonds. The molecule has 0 atom stereocenters. The first-order chi connectivity index (χ1) is 17.0. The van der Waals surface area contributed by atoms with Crippen molar-refractivity contribution in [2.24, 2.45) is 0 Å². The Kier molecular flexibility index (Phi) is 6.29. The lowest BCUT2D eigenvalue weighted by Gasteiger charge is -2.28. The molecule has 1 aromatic heterocycles. The van der Waals surface area contributed by atoms with Gasteiger partial charge in [-0.1, -0.05) is 36.4 Å². The van der Waals surface area contributed by atoms with E-state index in [1.807, 2.05) is 48.7 Å². The number of sulfonamides is 1. The Morgan fingerprint density at radius 1 is 0.886 bits per heavy atom. The minimum Gasteiger partial charge on any atom is -0.489 e. The average Bonchev–Trinajstić information content (AvgIpc) is 3.36. The van der Waals surface area contributed by atoms with Crippen LogP contribution in [0.15, 0.2) is 102 Å². The minimum absolute atomic E-state index is 0.0353. The van der Waals surface area contributed by atoms with Crippen molar-refractivity contribution < 1.29 is 17.9 Å². The van der Waals surface area contributed by atoms with Crippen LogP contribution in [0.3, 0.4) is 0 Å². The molecule has 35 heavy (non-hydrogen) atoms. The van der Waals surface area contributed by atoms with Gasteiger partial charge in [0, 0.05) is 36.2 Å². The highest BCUT2D eigenvalue weighted by atomic mass is 32.2. The maximum Gasteiger partial charge on any atom is 0.261 e. The van der Waals surface area contributed by atoms with Crippen molar-refractivity contribution in [2.75, 3.05) is 11.3 Å². The number of nitrogens with zero attached hydrogens (tertiary/aromatic N) is 2. The number of ether oxygens (including phenoxy) is 1. The van der Waals surface area contributed by atoms with E-state index in [0.717, 1.165) is 17.8 Å². The number of carbonyl (C=O) groups is 1. The Morgan fingerprint density at radius 3 is 2.49 bits per heavy atom. The van der Waals surface area contributed by atoms with E-state index in [-0.39, 0.29) is 10.8 Å². The van der Waals surface area contributed by atoms with Gasteiger partial charge in [0.1, 0.15) is 12.4 Å². The second-order valence-corrected chi connectivity index (χ2v) is 10.0. The van der Waals surface area contributed by atoms with E-state index in [1.54, 1.807) is 41.3 Å². The third kappa shape index (κ3) is 5.22. The molecule has 2 heterocycles. The zero-order valence-corrected chi connectivity index (χ0v) is 19.8. The molecule has 0 saturated heterocycles. The fourth-order valence-corrected chi connectivity index (χ4v) is 5.14. The van der Waals surface area contributed by atoms with E-state index < -0.39 is 10.0 Å². The summed E-state index contributed by atoms with van der Waals surface area (Å²) in [5, 5.41) is 0. The topological polar surface area (TPSA) is 80.6 Å². The van der Waals surface area contributed by atoms with Gasteiger partial charge in [0.25, 0.3) is 15.9 Å². The third-order valence-electron chi connectivity index (χ3n) is 5.92. The molecule has 0 spiro atoms. The summed E-state index contributed by atoms with van der Waals surface area (Å²) in [4.78, 5) is 14.8. The van der Waals surface area contributed by atoms with E-state index in [9.17, 15) is 13.2 Å². The molecule has 0 saturated carbocycles. The number of benzene rings is 3. The van der Waals surface area contributed by atoms with Crippen molar-refractivity contribution in [1.82, 2.24) is 9.47 Å². The monoisotopic (exact) mass is 487 g/mol. The van der Waals surface area contributed by atoms with Gasteiger partial charge in [0.15, 0.2) is 0 Å². The van der Waals surface area contributed by atoms with Crippen LogP contribution in [0.2, 0.25) is 0 Å². The zero-order valence-electron chi connectivity index (χ0n) is 19.0. The summed E-state index contributed by atoms with van der Waals surface area (Å²) in [6.07, 6.45) is 2.00. The van der Waals surface area contributed by atoms with Crippen molar-refractivity contribution in [3.63, 3.8) is 0 Å². The molecular formula is C27H25N3O4S. The molecule has 1 N–H and O–H groups in total. The lowest BCUT2D eigenvalue weighted by molar-refractivity contribution is 0.0711. The Labute approximate surface area is 204 Å². The number of carbonyl (C=O) groups excluding carboxylic acids is 1. The molecule has 3 aromatic carbocycles. The van der Waals surface area contributed by atoms with Crippen molar-refractivity contribution in [3.05, 3.63) is 114 Å². The number of amides is 1. The molecule has 8 heteroatoms. The third-order valence-corrected chi connectivity index (χ3v) is 7.30. The smallest absolute Gasteiger partial charge is 0.261 e. The van der Waals surface area contributed by atoms with Gasteiger partial charge < -0.3 is 14.2 Å². The number of fused-ring (bicyclic) bond motifs is 1. The quantitative estimate of drug-likeness (QED) is 0.416. The summed E-state index contributed by atoms with van der Waals surface area (Å²) in [5.74, 6) is 0.450. The summed E-state index contributed by atoms with van der Waals surface area (Å²) in [6.45, 7) is 2.22. The van der Waals surface area contributed by atoms with Gasteiger partial charge in [0.2, 0.25) is 0 Å². The van der Waals surface area contributed by atoms with E-state index >= 15 is 0 Å². The predicted octanol–water partition coefficient (Wildman–Crippen LogP) is 4.52. The molecule has 5 rings (SSSR count). The Balaban J connectivity index is 1.25. The van der Waals surface area contributed by atoms with E-state index in [1.165, 1.54) is 12.1 Å². The van der Waals surface area contributed by atoms with Crippen molar-refractivity contribution in [3.8, 4) is 5.75 Å². The number of anilines is 1. The first-order valence-corrected chi connectivity index (χ1v) is 12.8. The van der Waals surface area contributed by atoms with Crippen LogP contribution in [0.25, 0.3) is 0 Å². The number of hydrogen-bond acceptors (Lipinski definition) is 4. The minimum atomic E-state index is -3.87. The molecule has 178 valence electrons. The number of rotatable bonds is 7. The Bertz CT molecular complexity index is 1430. The molecule has 4 aromatic rings. The summed E-state index contributed by atoms with van der Waals surface area (Å²) in [5.41, 5.74) is 2.86. The van der Waals surface area contributed by atoms with Gasteiger partial charge in [-0.25, -0.2) is 8.42 Å². The first-order valence-electron chi connectivity index (χ1n) is 11.3. The molecule has 0 radical (unpaired) electrons. The highest BCUT2D eigenvalue weighted by Crippen LogP contribution is 2.22. The zero-order chi connectivity index (χ0) is 24.3. The van der Waals surface area contributed by atoms with Crippen molar-refractivity contribution >= 4 is 21.6 Å². The van der Waals surface area contributed by atoms with Gasteiger partial charge >= 0.3 is 0 Å².